The second-order valence-corrected chi connectivity index (χ2v) is 25.0. The van der Waals surface area contributed by atoms with Crippen molar-refractivity contribution in [3.05, 3.63) is 0 Å². The van der Waals surface area contributed by atoms with Crippen LogP contribution < -0.4 is 10.6 Å². The van der Waals surface area contributed by atoms with Crippen LogP contribution in [0.4, 0.5) is 0 Å². The second-order valence-electron chi connectivity index (χ2n) is 25.0. The number of rotatable bonds is 61. The standard InChI is InChI=1S/C36H85B6N7O7.C25H51NO3.3H2O/c1-10-11-12-15-24-35(50)43-26-17-14-13-16-25-36(48(41(6)55)33-20-18-29-46(39(4)53)31-22-27-44(8)37(2)51)49(42(7)56)34-21-19-30-47(40(5)54)32-23-28-45(9)38(3)52;1-2-3-4-5-6-7-8-9-10-11-12-13-14-15-16-17-18-22-26-25(29)21-19-20-24(28)23-27;;;/h36,51-56H,10-34H2,1-9H3,(H,43,50);24,27-28H,2-23H2,1H3,(H,26,29);3*1H2/t;24-;;;/m.0.../s1. The molecule has 0 radical (unpaired) electrons. The molecule has 0 unspecified atom stereocenters. The molecule has 0 rings (SSSR count). The molecule has 21 nitrogen and oxygen atoms in total. The van der Waals surface area contributed by atoms with Gasteiger partial charge in [0.05, 0.1) is 12.7 Å². The summed E-state index contributed by atoms with van der Waals surface area (Å²) in [5.41, 5.74) is 0. The van der Waals surface area contributed by atoms with Crippen molar-refractivity contribution in [2.45, 2.75) is 298 Å². The van der Waals surface area contributed by atoms with Gasteiger partial charge in [0.15, 0.2) is 0 Å². The third kappa shape index (κ3) is 58.5. The molecule has 1 atom stereocenters. The van der Waals surface area contributed by atoms with Gasteiger partial charge in [0, 0.05) is 32.1 Å². The summed E-state index contributed by atoms with van der Waals surface area (Å²) in [6, 6.07) is 0. The van der Waals surface area contributed by atoms with Gasteiger partial charge in [-0.25, -0.2) is 0 Å². The molecule has 2 amide bonds. The average Bonchev–Trinajstić information content (AvgIpc) is 3.49. The molecule has 0 aliphatic rings. The van der Waals surface area contributed by atoms with Crippen molar-refractivity contribution < 1.29 is 66.4 Å². The summed E-state index contributed by atoms with van der Waals surface area (Å²) < 4.78 is 0. The molecule has 0 aromatic carbocycles. The van der Waals surface area contributed by atoms with Crippen molar-refractivity contribution in [2.75, 3.05) is 86.1 Å². The van der Waals surface area contributed by atoms with Crippen molar-refractivity contribution in [1.29, 1.82) is 0 Å². The summed E-state index contributed by atoms with van der Waals surface area (Å²) in [6.07, 6.45) is 38.5. The van der Waals surface area contributed by atoms with Crippen LogP contribution in [-0.2, 0) is 9.59 Å². The molecule has 0 spiro atoms. The molecule has 0 fully saturated rings. The van der Waals surface area contributed by atoms with E-state index in [1.165, 1.54) is 109 Å². The lowest BCUT2D eigenvalue weighted by Crippen LogP contribution is -2.58. The first-order valence-corrected chi connectivity index (χ1v) is 35.0. The SMILES string of the molecule is CCCCCCC(=O)NCCCCCCC(N(CCCCN(CCCN(C)B(C)O)B(C)O)B(C)O)N(CCCCN(CCCN(C)B(C)O)B(C)O)B(C)O.CCCCCCCCCCCCCCCCCCCNC(=O)CCC[C@H](O)CO.O.O.O. The van der Waals surface area contributed by atoms with E-state index in [0.29, 0.717) is 45.3 Å². The fraction of sp³-hybridized carbons (Fsp3) is 0.967. The first-order chi connectivity index (χ1) is 40.7. The summed E-state index contributed by atoms with van der Waals surface area (Å²) in [5.74, 6) is 0.203. The topological polar surface area (TPSA) is 334 Å². The van der Waals surface area contributed by atoms with Crippen molar-refractivity contribution >= 4 is 54.1 Å². The average molecular weight is 1260 g/mol. The van der Waals surface area contributed by atoms with Crippen LogP contribution >= 0.6 is 0 Å². The van der Waals surface area contributed by atoms with Gasteiger partial charge >= 0.3 is 42.3 Å². The molecule has 0 saturated carbocycles. The van der Waals surface area contributed by atoms with Crippen molar-refractivity contribution in [2.24, 2.45) is 0 Å². The largest absolute Gasteiger partial charge is 0.437 e. The zero-order valence-electron chi connectivity index (χ0n) is 58.4. The van der Waals surface area contributed by atoms with Crippen LogP contribution in [0.3, 0.4) is 0 Å². The number of aliphatic hydroxyl groups is 2. The lowest BCUT2D eigenvalue weighted by atomic mass is 9.78. The molecule has 0 aromatic heterocycles. The second kappa shape index (κ2) is 67.1. The summed E-state index contributed by atoms with van der Waals surface area (Å²) in [6.45, 7) is 22.0. The van der Waals surface area contributed by atoms with Gasteiger partial charge in [0.1, 0.15) is 0 Å². The molecular weight excluding hydrogens is 1120 g/mol. The maximum Gasteiger partial charge on any atom is 0.377 e. The van der Waals surface area contributed by atoms with E-state index in [9.17, 15) is 44.8 Å². The van der Waals surface area contributed by atoms with E-state index >= 15 is 0 Å². The highest BCUT2D eigenvalue weighted by atomic mass is 16.3. The molecule has 0 aromatic rings. The van der Waals surface area contributed by atoms with Crippen LogP contribution in [-0.4, -0.2) is 238 Å². The number of hydrogen-bond donors (Lipinski definition) is 10. The minimum Gasteiger partial charge on any atom is -0.437 e. The van der Waals surface area contributed by atoms with Crippen LogP contribution in [0.2, 0.25) is 40.9 Å². The molecular formula is C61H142B6N8O13. The minimum atomic E-state index is -0.719. The molecule has 88 heavy (non-hydrogen) atoms. The van der Waals surface area contributed by atoms with Crippen LogP contribution in [0, 0.1) is 0 Å². The van der Waals surface area contributed by atoms with E-state index in [0.717, 1.165) is 142 Å². The Morgan fingerprint density at radius 3 is 1.00 bits per heavy atom. The molecule has 522 valence electrons. The fourth-order valence-electron chi connectivity index (χ4n) is 10.9. The number of carbonyl (C=O) groups excluding carboxylic acids is 2. The third-order valence-electron chi connectivity index (χ3n) is 16.9. The van der Waals surface area contributed by atoms with Crippen LogP contribution in [0.1, 0.15) is 245 Å². The van der Waals surface area contributed by atoms with Gasteiger partial charge in [0.2, 0.25) is 11.8 Å². The van der Waals surface area contributed by atoms with Crippen LogP contribution in [0.5, 0.6) is 0 Å². The van der Waals surface area contributed by atoms with E-state index < -0.39 is 48.4 Å². The maximum absolute atomic E-state index is 12.2. The van der Waals surface area contributed by atoms with Gasteiger partial charge in [-0.05, 0) is 184 Å². The Morgan fingerprint density at radius 1 is 0.364 bits per heavy atom. The highest BCUT2D eigenvalue weighted by Crippen LogP contribution is 2.21. The monoisotopic (exact) mass is 1260 g/mol. The van der Waals surface area contributed by atoms with Crippen molar-refractivity contribution in [1.82, 2.24) is 39.5 Å². The predicted molar refractivity (Wildman–Crippen MR) is 376 cm³/mol. The van der Waals surface area contributed by atoms with Gasteiger partial charge in [-0.1, -0.05) is 155 Å². The Labute approximate surface area is 542 Å². The summed E-state index contributed by atoms with van der Waals surface area (Å²) in [5, 5.41) is 86.7. The number of hydrogen-bond acceptors (Lipinski definition) is 16. The molecule has 0 bridgehead atoms. The lowest BCUT2D eigenvalue weighted by molar-refractivity contribution is -0.122. The molecule has 0 aliphatic carbocycles. The minimum absolute atomic E-state index is 0. The lowest BCUT2D eigenvalue weighted by Gasteiger charge is -2.42. The Balaban J connectivity index is -0.000000607. The van der Waals surface area contributed by atoms with Crippen molar-refractivity contribution in [3.8, 4) is 0 Å². The van der Waals surface area contributed by atoms with Gasteiger partial charge in [-0.2, -0.15) is 0 Å². The normalized spacial score (nSPS) is 11.6. The zero-order chi connectivity index (χ0) is 63.9. The number of nitrogens with one attached hydrogen (secondary N) is 2. The maximum atomic E-state index is 12.2. The first kappa shape index (κ1) is 95.3. The summed E-state index contributed by atoms with van der Waals surface area (Å²) in [4.78, 5) is 35.9. The molecule has 0 aliphatic heterocycles. The molecule has 16 N–H and O–H groups in total. The first-order valence-electron chi connectivity index (χ1n) is 35.0. The fourth-order valence-corrected chi connectivity index (χ4v) is 10.9. The Kier molecular flexibility index (Phi) is 72.7. The van der Waals surface area contributed by atoms with Gasteiger partial charge in [0.25, 0.3) is 0 Å². The van der Waals surface area contributed by atoms with E-state index in [1.807, 2.05) is 23.7 Å². The highest BCUT2D eigenvalue weighted by molar-refractivity contribution is 6.47. The molecule has 27 heteroatoms. The van der Waals surface area contributed by atoms with E-state index in [1.54, 1.807) is 40.9 Å². The smallest absolute Gasteiger partial charge is 0.377 e. The van der Waals surface area contributed by atoms with Crippen molar-refractivity contribution in [3.63, 3.8) is 0 Å². The predicted octanol–water partition coefficient (Wildman–Crippen LogP) is 6.23. The Hall–Kier alpha value is -1.35. The van der Waals surface area contributed by atoms with E-state index in [-0.39, 0.29) is 41.0 Å². The summed E-state index contributed by atoms with van der Waals surface area (Å²) >= 11 is 0. The highest BCUT2D eigenvalue weighted by Gasteiger charge is 2.33. The van der Waals surface area contributed by atoms with E-state index in [4.69, 9.17) is 5.11 Å². The van der Waals surface area contributed by atoms with Gasteiger partial charge in [-0.15, -0.1) is 0 Å². The Bertz CT molecular complexity index is 1420. The number of aliphatic hydroxyl groups excluding tert-OH is 2. The number of amides is 2. The number of unbranched alkanes of at least 4 members (excludes halogenated alkanes) is 24. The van der Waals surface area contributed by atoms with Crippen LogP contribution in [0.25, 0.3) is 0 Å². The van der Waals surface area contributed by atoms with Gasteiger partial charge in [-0.3, -0.25) is 9.59 Å². The molecule has 0 saturated heterocycles. The zero-order valence-corrected chi connectivity index (χ0v) is 58.4. The third-order valence-corrected chi connectivity index (χ3v) is 16.9. The molecule has 0 heterocycles. The quantitative estimate of drug-likeness (QED) is 0.0183. The van der Waals surface area contributed by atoms with E-state index in [2.05, 4.69) is 43.7 Å². The summed E-state index contributed by atoms with van der Waals surface area (Å²) in [7, 11) is 0.167. The van der Waals surface area contributed by atoms with Gasteiger partial charge < -0.3 is 96.3 Å². The van der Waals surface area contributed by atoms with Crippen LogP contribution in [0.15, 0.2) is 0 Å². The number of nitrogens with zero attached hydrogens (tertiary/aromatic N) is 6. The number of carbonyl (C=O) groups is 2. The Morgan fingerprint density at radius 2 is 0.670 bits per heavy atom.